The highest BCUT2D eigenvalue weighted by Crippen LogP contribution is 2.29. The number of alkyl carbamates (subject to hydrolysis) is 1. The van der Waals surface area contributed by atoms with Crippen molar-refractivity contribution in [2.45, 2.75) is 107 Å². The quantitative estimate of drug-likeness (QED) is 0.148. The van der Waals surface area contributed by atoms with Gasteiger partial charge in [0.1, 0.15) is 17.7 Å². The Bertz CT molecular complexity index is 1380. The average Bonchev–Trinajstić information content (AvgIpc) is 3.56. The topological polar surface area (TPSA) is 158 Å². The summed E-state index contributed by atoms with van der Waals surface area (Å²) in [7, 11) is 0. The lowest BCUT2D eigenvalue weighted by Gasteiger charge is -2.31. The van der Waals surface area contributed by atoms with E-state index < -0.39 is 47.7 Å². The summed E-state index contributed by atoms with van der Waals surface area (Å²) in [5.74, 6) is -0.219. The van der Waals surface area contributed by atoms with Crippen LogP contribution in [0.1, 0.15) is 70.6 Å². The lowest BCUT2D eigenvalue weighted by molar-refractivity contribution is -0.130. The Kier molecular flexibility index (Phi) is 13.7. The molecule has 0 bridgehead atoms. The average molecular weight is 665 g/mol. The molecule has 2 heterocycles. The third-order valence-corrected chi connectivity index (χ3v) is 9.09. The molecule has 5 N–H and O–H groups in total. The molecule has 0 spiro atoms. The van der Waals surface area contributed by atoms with Gasteiger partial charge in [-0.15, -0.1) is 11.8 Å². The van der Waals surface area contributed by atoms with Crippen molar-refractivity contribution >= 4 is 29.7 Å². The first-order valence-electron chi connectivity index (χ1n) is 16.4. The van der Waals surface area contributed by atoms with E-state index in [2.05, 4.69) is 30.9 Å². The van der Waals surface area contributed by atoms with Crippen LogP contribution in [0.4, 0.5) is 4.79 Å². The number of H-pyrrole nitrogens is 1. The van der Waals surface area contributed by atoms with Gasteiger partial charge in [0.15, 0.2) is 0 Å². The molecule has 0 aliphatic heterocycles. The molecule has 3 amide bonds. The van der Waals surface area contributed by atoms with E-state index in [9.17, 15) is 19.5 Å². The molecule has 3 aromatic rings. The lowest BCUT2D eigenvalue weighted by atomic mass is 9.83. The third-order valence-electron chi connectivity index (χ3n) is 8.05. The Morgan fingerprint density at radius 1 is 0.957 bits per heavy atom. The summed E-state index contributed by atoms with van der Waals surface area (Å²) in [4.78, 5) is 52.1. The van der Waals surface area contributed by atoms with E-state index in [0.717, 1.165) is 36.3 Å². The minimum absolute atomic E-state index is 0.136. The van der Waals surface area contributed by atoms with E-state index in [0.29, 0.717) is 23.8 Å². The molecule has 11 nitrogen and oxygen atoms in total. The van der Waals surface area contributed by atoms with Crippen LogP contribution in [0.3, 0.4) is 0 Å². The van der Waals surface area contributed by atoms with Crippen LogP contribution in [0.5, 0.6) is 0 Å². The van der Waals surface area contributed by atoms with E-state index in [1.54, 1.807) is 33.2 Å². The highest BCUT2D eigenvalue weighted by Gasteiger charge is 2.32. The van der Waals surface area contributed by atoms with Gasteiger partial charge in [-0.2, -0.15) is 0 Å². The summed E-state index contributed by atoms with van der Waals surface area (Å²) >= 11 is 1.44. The van der Waals surface area contributed by atoms with Gasteiger partial charge in [0.05, 0.1) is 23.5 Å². The van der Waals surface area contributed by atoms with Crippen LogP contribution in [0.2, 0.25) is 0 Å². The van der Waals surface area contributed by atoms with Crippen molar-refractivity contribution in [1.29, 1.82) is 0 Å². The molecule has 2 aromatic heterocycles. The Labute approximate surface area is 281 Å². The largest absolute Gasteiger partial charge is 0.444 e. The van der Waals surface area contributed by atoms with Gasteiger partial charge in [-0.05, 0) is 50.8 Å². The molecule has 12 heteroatoms. The van der Waals surface area contributed by atoms with E-state index in [-0.39, 0.29) is 12.8 Å². The summed E-state index contributed by atoms with van der Waals surface area (Å²) in [5.41, 5.74) is 0.726. The molecule has 1 aliphatic carbocycles. The first-order chi connectivity index (χ1) is 22.6. The lowest BCUT2D eigenvalue weighted by Crippen LogP contribution is -2.58. The molecule has 4 rings (SSSR count). The molecule has 47 heavy (non-hydrogen) atoms. The molecule has 4 atom stereocenters. The maximum Gasteiger partial charge on any atom is 0.408 e. The van der Waals surface area contributed by atoms with Crippen molar-refractivity contribution in [1.82, 2.24) is 30.9 Å². The van der Waals surface area contributed by atoms with Crippen LogP contribution in [-0.2, 0) is 27.2 Å². The molecule has 1 aliphatic rings. The predicted molar refractivity (Wildman–Crippen MR) is 182 cm³/mol. The number of rotatable bonds is 15. The number of hydrogen-bond acceptors (Lipinski definition) is 8. The van der Waals surface area contributed by atoms with E-state index >= 15 is 0 Å². The van der Waals surface area contributed by atoms with Gasteiger partial charge in [0.2, 0.25) is 11.8 Å². The summed E-state index contributed by atoms with van der Waals surface area (Å²) in [6.07, 6.45) is 9.80. The molecule has 1 aromatic carbocycles. The van der Waals surface area contributed by atoms with Crippen molar-refractivity contribution in [3.8, 4) is 0 Å². The Balaban J connectivity index is 1.52. The molecular formula is C35H48N6O5S. The van der Waals surface area contributed by atoms with Crippen LogP contribution >= 0.6 is 11.8 Å². The first kappa shape index (κ1) is 35.9. The van der Waals surface area contributed by atoms with Gasteiger partial charge in [-0.1, -0.05) is 68.5 Å². The number of benzene rings is 1. The second kappa shape index (κ2) is 17.9. The number of aromatic amines is 1. The zero-order chi connectivity index (χ0) is 33.6. The fourth-order valence-corrected chi connectivity index (χ4v) is 6.59. The number of thioether (sulfide) groups is 1. The normalized spacial score (nSPS) is 16.3. The van der Waals surface area contributed by atoms with Gasteiger partial charge in [-0.3, -0.25) is 9.59 Å². The zero-order valence-electron chi connectivity index (χ0n) is 27.5. The van der Waals surface area contributed by atoms with Crippen molar-refractivity contribution in [3.63, 3.8) is 0 Å². The minimum Gasteiger partial charge on any atom is -0.444 e. The van der Waals surface area contributed by atoms with E-state index in [1.165, 1.54) is 24.5 Å². The first-order valence-corrected chi connectivity index (χ1v) is 17.4. The molecule has 254 valence electrons. The van der Waals surface area contributed by atoms with Crippen molar-refractivity contribution in [2.75, 3.05) is 5.75 Å². The number of ether oxygens (including phenoxy) is 1. The van der Waals surface area contributed by atoms with E-state index in [4.69, 9.17) is 4.74 Å². The van der Waals surface area contributed by atoms with Gasteiger partial charge >= 0.3 is 6.09 Å². The number of imidazole rings is 1. The summed E-state index contributed by atoms with van der Waals surface area (Å²) in [5, 5.41) is 20.9. The number of nitrogens with zero attached hydrogens (tertiary/aromatic N) is 2. The van der Waals surface area contributed by atoms with Gasteiger partial charge < -0.3 is 30.8 Å². The molecule has 1 saturated carbocycles. The number of nitrogens with one attached hydrogen (secondary N) is 4. The van der Waals surface area contributed by atoms with Gasteiger partial charge in [0.25, 0.3) is 0 Å². The fraction of sp³-hybridized carbons (Fsp3) is 0.514. The number of carbonyl (C=O) groups excluding carboxylic acids is 3. The fourth-order valence-electron chi connectivity index (χ4n) is 5.70. The van der Waals surface area contributed by atoms with Crippen LogP contribution in [0.25, 0.3) is 0 Å². The zero-order valence-corrected chi connectivity index (χ0v) is 28.3. The van der Waals surface area contributed by atoms with Crippen LogP contribution in [-0.4, -0.2) is 73.5 Å². The van der Waals surface area contributed by atoms with Gasteiger partial charge in [0, 0.05) is 36.7 Å². The van der Waals surface area contributed by atoms with E-state index in [1.807, 2.05) is 48.5 Å². The Hall–Kier alpha value is -3.90. The second-order valence-corrected chi connectivity index (χ2v) is 14.2. The molecule has 1 fully saturated rings. The number of hydrogen-bond donors (Lipinski definition) is 5. The highest BCUT2D eigenvalue weighted by molar-refractivity contribution is 7.99. The molecule has 0 radical (unpaired) electrons. The number of amides is 3. The SMILES string of the molecule is CC(C)(C)OC(=O)N[C@@H](Cc1ccccc1)C(=O)N[C@@H](Cc1cnc[nH]1)C(=O)NC(CC1CCCCC1)C(O)CSc1ccccn1. The van der Waals surface area contributed by atoms with Gasteiger partial charge in [-0.25, -0.2) is 14.8 Å². The van der Waals surface area contributed by atoms with Crippen molar-refractivity contribution in [2.24, 2.45) is 5.92 Å². The van der Waals surface area contributed by atoms with Crippen molar-refractivity contribution in [3.05, 3.63) is 78.5 Å². The summed E-state index contributed by atoms with van der Waals surface area (Å²) < 4.78 is 5.44. The molecule has 2 unspecified atom stereocenters. The minimum atomic E-state index is -1.01. The number of pyridine rings is 1. The summed E-state index contributed by atoms with van der Waals surface area (Å²) in [6, 6.07) is 12.4. The number of aliphatic hydroxyl groups excluding tert-OH is 1. The second-order valence-electron chi connectivity index (χ2n) is 13.1. The maximum absolute atomic E-state index is 14.0. The number of aliphatic hydroxyl groups is 1. The predicted octanol–water partition coefficient (Wildman–Crippen LogP) is 4.58. The summed E-state index contributed by atoms with van der Waals surface area (Å²) in [6.45, 7) is 5.24. The monoisotopic (exact) mass is 664 g/mol. The molecule has 0 saturated heterocycles. The Morgan fingerprint density at radius 2 is 1.66 bits per heavy atom. The number of aromatic nitrogens is 3. The maximum atomic E-state index is 14.0. The van der Waals surface area contributed by atoms with Crippen LogP contribution in [0, 0.1) is 5.92 Å². The van der Waals surface area contributed by atoms with Crippen molar-refractivity contribution < 1.29 is 24.2 Å². The Morgan fingerprint density at radius 3 is 2.32 bits per heavy atom. The van der Waals surface area contributed by atoms with Crippen LogP contribution in [0.15, 0.2) is 72.3 Å². The third kappa shape index (κ3) is 12.7. The molecular weight excluding hydrogens is 616 g/mol. The highest BCUT2D eigenvalue weighted by atomic mass is 32.2. The van der Waals surface area contributed by atoms with Crippen LogP contribution < -0.4 is 16.0 Å². The number of carbonyl (C=O) groups is 3. The standard InChI is InChI=1S/C35H48N6O5S/c1-35(2,3)46-34(45)41-28(19-25-14-8-5-9-15-25)32(43)40-29(20-26-21-36-23-38-26)33(44)39-27(18-24-12-6-4-7-13-24)30(42)22-47-31-16-10-11-17-37-31/h5,8-11,14-17,21,23-24,27-30,42H,4,6-7,12-13,18-20,22H2,1-3H3,(H,36,38)(H,39,44)(H,40,43)(H,41,45)/t27?,28-,29-,30?/m0/s1. The smallest absolute Gasteiger partial charge is 0.408 e.